The summed E-state index contributed by atoms with van der Waals surface area (Å²) in [6.07, 6.45) is 0. The summed E-state index contributed by atoms with van der Waals surface area (Å²) >= 11 is 1.48. The maximum absolute atomic E-state index is 13.5. The summed E-state index contributed by atoms with van der Waals surface area (Å²) < 4.78 is 5.52. The number of ether oxygens (including phenoxy) is 1. The summed E-state index contributed by atoms with van der Waals surface area (Å²) in [7, 11) is 1.67. The van der Waals surface area contributed by atoms with E-state index in [1.807, 2.05) is 60.0 Å². The molecule has 0 atom stereocenters. The fraction of sp³-hybridized carbons (Fsp3) is 0.200. The zero-order valence-corrected chi connectivity index (χ0v) is 18.5. The van der Waals surface area contributed by atoms with Gasteiger partial charge in [0.25, 0.3) is 11.8 Å². The van der Waals surface area contributed by atoms with Gasteiger partial charge in [0, 0.05) is 31.1 Å². The van der Waals surface area contributed by atoms with Gasteiger partial charge < -0.3 is 14.5 Å². The Labute approximate surface area is 190 Å². The highest BCUT2D eigenvalue weighted by Crippen LogP contribution is 2.37. The van der Waals surface area contributed by atoms with E-state index >= 15 is 0 Å². The van der Waals surface area contributed by atoms with Gasteiger partial charge in [-0.25, -0.2) is 4.90 Å². The number of methoxy groups -OCH3 is 1. The molecule has 0 bridgehead atoms. The summed E-state index contributed by atoms with van der Waals surface area (Å²) in [6, 6.07) is 20.9. The molecule has 0 saturated carbocycles. The van der Waals surface area contributed by atoms with Crippen LogP contribution in [-0.4, -0.2) is 50.0 Å². The van der Waals surface area contributed by atoms with Gasteiger partial charge in [0.15, 0.2) is 0 Å². The second-order valence-electron chi connectivity index (χ2n) is 7.63. The molecule has 2 amide bonds. The number of hydrogen-bond donors (Lipinski definition) is 0. The SMILES string of the molecule is COc1ccccc1N1CCN(C2=C(c3cccs3)C(=O)N(c3ccccc3)C2=O)CC1. The molecular formula is C25H23N3O3S. The molecule has 0 unspecified atom stereocenters. The molecular weight excluding hydrogens is 422 g/mol. The fourth-order valence-corrected chi connectivity index (χ4v) is 5.09. The zero-order chi connectivity index (χ0) is 22.1. The van der Waals surface area contributed by atoms with Crippen molar-refractivity contribution < 1.29 is 14.3 Å². The quantitative estimate of drug-likeness (QED) is 0.558. The summed E-state index contributed by atoms with van der Waals surface area (Å²) in [4.78, 5) is 33.4. The standard InChI is InChI=1S/C25H23N3O3S/c1-31-20-11-6-5-10-19(20)26-13-15-27(16-14-26)23-22(21-12-7-17-32-21)24(29)28(25(23)30)18-8-3-2-4-9-18/h2-12,17H,13-16H2,1H3. The first-order valence-corrected chi connectivity index (χ1v) is 11.4. The van der Waals surface area contributed by atoms with Gasteiger partial charge in [-0.15, -0.1) is 11.3 Å². The van der Waals surface area contributed by atoms with E-state index in [0.717, 1.165) is 29.4 Å². The van der Waals surface area contributed by atoms with Crippen LogP contribution in [0.25, 0.3) is 5.57 Å². The molecule has 1 aromatic heterocycles. The predicted octanol–water partition coefficient (Wildman–Crippen LogP) is 3.86. The number of carbonyl (C=O) groups excluding carboxylic acids is 2. The number of rotatable bonds is 5. The largest absolute Gasteiger partial charge is 0.495 e. The molecule has 1 saturated heterocycles. The van der Waals surface area contributed by atoms with Crippen LogP contribution >= 0.6 is 11.3 Å². The number of amides is 2. The molecule has 2 aliphatic rings. The van der Waals surface area contributed by atoms with Crippen LogP contribution in [0.5, 0.6) is 5.75 Å². The molecule has 0 spiro atoms. The first-order chi connectivity index (χ1) is 15.7. The molecule has 3 heterocycles. The highest BCUT2D eigenvalue weighted by atomic mass is 32.1. The van der Waals surface area contributed by atoms with Crippen LogP contribution in [0.4, 0.5) is 11.4 Å². The topological polar surface area (TPSA) is 53.1 Å². The maximum atomic E-state index is 13.5. The number of hydrogen-bond acceptors (Lipinski definition) is 6. The minimum absolute atomic E-state index is 0.254. The lowest BCUT2D eigenvalue weighted by molar-refractivity contribution is -0.120. The van der Waals surface area contributed by atoms with Gasteiger partial charge in [0.2, 0.25) is 0 Å². The van der Waals surface area contributed by atoms with E-state index in [-0.39, 0.29) is 11.8 Å². The molecule has 2 aliphatic heterocycles. The van der Waals surface area contributed by atoms with Gasteiger partial charge in [-0.2, -0.15) is 0 Å². The minimum Gasteiger partial charge on any atom is -0.495 e. The van der Waals surface area contributed by atoms with Crippen molar-refractivity contribution in [2.24, 2.45) is 0 Å². The van der Waals surface area contributed by atoms with E-state index in [1.165, 1.54) is 16.2 Å². The summed E-state index contributed by atoms with van der Waals surface area (Å²) in [5.41, 5.74) is 2.64. The van der Waals surface area contributed by atoms with Gasteiger partial charge in [-0.05, 0) is 35.7 Å². The summed E-state index contributed by atoms with van der Waals surface area (Å²) in [6.45, 7) is 2.75. The second-order valence-corrected chi connectivity index (χ2v) is 8.58. The van der Waals surface area contributed by atoms with Crippen LogP contribution in [0.3, 0.4) is 0 Å². The van der Waals surface area contributed by atoms with Crippen LogP contribution < -0.4 is 14.5 Å². The Morgan fingerprint density at radius 2 is 1.47 bits per heavy atom. The molecule has 32 heavy (non-hydrogen) atoms. The molecule has 5 rings (SSSR count). The smallest absolute Gasteiger partial charge is 0.282 e. The summed E-state index contributed by atoms with van der Waals surface area (Å²) in [5.74, 6) is 0.322. The Hall–Kier alpha value is -3.58. The third-order valence-electron chi connectivity index (χ3n) is 5.86. The number of imide groups is 1. The predicted molar refractivity (Wildman–Crippen MR) is 127 cm³/mol. The van der Waals surface area contributed by atoms with Crippen LogP contribution in [0, 0.1) is 0 Å². The average Bonchev–Trinajstić information content (AvgIpc) is 3.45. The normalized spacial score (nSPS) is 16.8. The van der Waals surface area contributed by atoms with Crippen LogP contribution in [0.1, 0.15) is 4.88 Å². The second kappa shape index (κ2) is 8.51. The van der Waals surface area contributed by atoms with Gasteiger partial charge >= 0.3 is 0 Å². The molecule has 6 nitrogen and oxygen atoms in total. The lowest BCUT2D eigenvalue weighted by atomic mass is 10.1. The van der Waals surface area contributed by atoms with Crippen molar-refractivity contribution in [3.8, 4) is 5.75 Å². The average molecular weight is 446 g/mol. The molecule has 3 aromatic rings. The number of carbonyl (C=O) groups is 2. The molecule has 162 valence electrons. The highest BCUT2D eigenvalue weighted by Gasteiger charge is 2.43. The molecule has 7 heteroatoms. The zero-order valence-electron chi connectivity index (χ0n) is 17.7. The van der Waals surface area contributed by atoms with Gasteiger partial charge in [-0.1, -0.05) is 36.4 Å². The Balaban J connectivity index is 1.46. The van der Waals surface area contributed by atoms with E-state index in [1.54, 1.807) is 19.2 Å². The van der Waals surface area contributed by atoms with Crippen LogP contribution in [0.2, 0.25) is 0 Å². The Morgan fingerprint density at radius 3 is 2.16 bits per heavy atom. The van der Waals surface area contributed by atoms with Crippen LogP contribution in [0.15, 0.2) is 77.8 Å². The molecule has 2 aromatic carbocycles. The molecule has 0 N–H and O–H groups in total. The van der Waals surface area contributed by atoms with E-state index in [4.69, 9.17) is 4.74 Å². The fourth-order valence-electron chi connectivity index (χ4n) is 4.33. The third kappa shape index (κ3) is 3.44. The number of piperazine rings is 1. The Morgan fingerprint density at radius 1 is 0.781 bits per heavy atom. The monoisotopic (exact) mass is 445 g/mol. The summed E-state index contributed by atoms with van der Waals surface area (Å²) in [5, 5.41) is 1.93. The maximum Gasteiger partial charge on any atom is 0.282 e. The Kier molecular flexibility index (Phi) is 5.41. The van der Waals surface area contributed by atoms with Crippen molar-refractivity contribution in [3.63, 3.8) is 0 Å². The minimum atomic E-state index is -0.259. The third-order valence-corrected chi connectivity index (χ3v) is 6.75. The molecule has 0 aliphatic carbocycles. The van der Waals surface area contributed by atoms with E-state index in [2.05, 4.69) is 9.80 Å². The van der Waals surface area contributed by atoms with E-state index in [9.17, 15) is 9.59 Å². The van der Waals surface area contributed by atoms with Crippen molar-refractivity contribution in [3.05, 3.63) is 82.7 Å². The van der Waals surface area contributed by atoms with Crippen molar-refractivity contribution in [2.75, 3.05) is 43.1 Å². The van der Waals surface area contributed by atoms with Crippen molar-refractivity contribution in [1.82, 2.24) is 4.90 Å². The van der Waals surface area contributed by atoms with E-state index < -0.39 is 0 Å². The van der Waals surface area contributed by atoms with E-state index in [0.29, 0.717) is 30.0 Å². The Bertz CT molecular complexity index is 1170. The number of para-hydroxylation sites is 3. The lowest BCUT2D eigenvalue weighted by Gasteiger charge is -2.38. The number of nitrogens with zero attached hydrogens (tertiary/aromatic N) is 3. The first-order valence-electron chi connectivity index (χ1n) is 10.5. The first kappa shape index (κ1) is 20.3. The number of anilines is 2. The van der Waals surface area contributed by atoms with Gasteiger partial charge in [-0.3, -0.25) is 9.59 Å². The molecule has 1 fully saturated rings. The highest BCUT2D eigenvalue weighted by molar-refractivity contribution is 7.11. The van der Waals surface area contributed by atoms with Crippen molar-refractivity contribution in [1.29, 1.82) is 0 Å². The van der Waals surface area contributed by atoms with Crippen molar-refractivity contribution >= 4 is 40.1 Å². The number of thiophene rings is 1. The van der Waals surface area contributed by atoms with Crippen molar-refractivity contribution in [2.45, 2.75) is 0 Å². The lowest BCUT2D eigenvalue weighted by Crippen LogP contribution is -2.47. The van der Waals surface area contributed by atoms with Crippen LogP contribution in [-0.2, 0) is 9.59 Å². The molecule has 0 radical (unpaired) electrons. The van der Waals surface area contributed by atoms with Gasteiger partial charge in [0.1, 0.15) is 11.4 Å². The van der Waals surface area contributed by atoms with Gasteiger partial charge in [0.05, 0.1) is 24.1 Å². The number of benzene rings is 2.